The number of nitrogens with one attached hydrogen (secondary N) is 1. The summed E-state index contributed by atoms with van der Waals surface area (Å²) in [6.07, 6.45) is 2.34. The maximum atomic E-state index is 12.9. The lowest BCUT2D eigenvalue weighted by molar-refractivity contribution is 0.206. The van der Waals surface area contributed by atoms with E-state index in [4.69, 9.17) is 0 Å². The summed E-state index contributed by atoms with van der Waals surface area (Å²) < 4.78 is 12.9. The second-order valence-corrected chi connectivity index (χ2v) is 5.74. The average Bonchev–Trinajstić information content (AvgIpc) is 2.89. The molecule has 2 heterocycles. The summed E-state index contributed by atoms with van der Waals surface area (Å²) in [6.45, 7) is 5.43. The largest absolute Gasteiger partial charge is 0.396 e. The number of aliphatic hydroxyl groups is 1. The molecular weight excluding hydrogens is 257 g/mol. The molecule has 112 valence electrons. The first-order valence-electron chi connectivity index (χ1n) is 7.26. The van der Waals surface area contributed by atoms with Crippen LogP contribution in [0, 0.1) is 17.7 Å². The minimum Gasteiger partial charge on any atom is -0.396 e. The zero-order chi connectivity index (χ0) is 14.5. The molecule has 1 saturated heterocycles. The summed E-state index contributed by atoms with van der Waals surface area (Å²) in [5.74, 6) is 0.483. The lowest BCUT2D eigenvalue weighted by Crippen LogP contribution is -2.34. The Morgan fingerprint density at radius 3 is 2.90 bits per heavy atom. The second-order valence-electron chi connectivity index (χ2n) is 5.74. The molecule has 2 rings (SSSR count). The lowest BCUT2D eigenvalue weighted by Gasteiger charge is -2.27. The number of halogens is 1. The van der Waals surface area contributed by atoms with Crippen molar-refractivity contribution in [3.63, 3.8) is 0 Å². The van der Waals surface area contributed by atoms with Crippen LogP contribution in [0.3, 0.4) is 0 Å². The van der Waals surface area contributed by atoms with Crippen molar-refractivity contribution in [2.75, 3.05) is 33.3 Å². The zero-order valence-corrected chi connectivity index (χ0v) is 12.2. The van der Waals surface area contributed by atoms with E-state index in [1.807, 2.05) is 7.05 Å². The number of hydrogen-bond acceptors (Lipinski definition) is 4. The summed E-state index contributed by atoms with van der Waals surface area (Å²) in [7, 11) is 1.91. The zero-order valence-electron chi connectivity index (χ0n) is 12.2. The molecule has 0 bridgehead atoms. The Bertz CT molecular complexity index is 412. The fourth-order valence-electron chi connectivity index (χ4n) is 3.04. The quantitative estimate of drug-likeness (QED) is 0.828. The number of pyridine rings is 1. The molecule has 0 radical (unpaired) electrons. The molecular formula is C15H24FN3O. The highest BCUT2D eigenvalue weighted by molar-refractivity contribution is 5.11. The Labute approximate surface area is 120 Å². The average molecular weight is 281 g/mol. The van der Waals surface area contributed by atoms with Gasteiger partial charge in [-0.25, -0.2) is 4.39 Å². The normalized spacial score (nSPS) is 22.9. The maximum Gasteiger partial charge on any atom is 0.141 e. The molecule has 0 spiro atoms. The smallest absolute Gasteiger partial charge is 0.141 e. The van der Waals surface area contributed by atoms with Crippen LogP contribution < -0.4 is 5.32 Å². The van der Waals surface area contributed by atoms with Crippen molar-refractivity contribution in [1.29, 1.82) is 0 Å². The lowest BCUT2D eigenvalue weighted by atomic mass is 9.98. The van der Waals surface area contributed by atoms with Gasteiger partial charge in [0.1, 0.15) is 5.82 Å². The molecule has 1 aromatic heterocycles. The number of hydrogen-bond donors (Lipinski definition) is 2. The van der Waals surface area contributed by atoms with Crippen molar-refractivity contribution in [2.45, 2.75) is 19.4 Å². The topological polar surface area (TPSA) is 48.4 Å². The van der Waals surface area contributed by atoms with Crippen molar-refractivity contribution in [3.05, 3.63) is 29.8 Å². The van der Waals surface area contributed by atoms with Crippen LogP contribution in [-0.2, 0) is 0 Å². The maximum absolute atomic E-state index is 12.9. The van der Waals surface area contributed by atoms with Crippen molar-refractivity contribution < 1.29 is 9.50 Å². The molecule has 1 aliphatic heterocycles. The first-order chi connectivity index (χ1) is 9.63. The molecule has 0 aromatic carbocycles. The molecule has 2 N–H and O–H groups in total. The molecule has 1 aromatic rings. The SMILES string of the molecule is CNC(c1ccc(F)cn1)C(C)CN1CCC(CO)C1. The van der Waals surface area contributed by atoms with Crippen LogP contribution in [0.5, 0.6) is 0 Å². The third-order valence-electron chi connectivity index (χ3n) is 4.12. The number of rotatable bonds is 6. The third kappa shape index (κ3) is 3.75. The fourth-order valence-corrected chi connectivity index (χ4v) is 3.04. The van der Waals surface area contributed by atoms with Crippen LogP contribution in [0.1, 0.15) is 25.1 Å². The van der Waals surface area contributed by atoms with Gasteiger partial charge >= 0.3 is 0 Å². The van der Waals surface area contributed by atoms with E-state index < -0.39 is 0 Å². The first-order valence-corrected chi connectivity index (χ1v) is 7.26. The van der Waals surface area contributed by atoms with Gasteiger partial charge in [0.05, 0.1) is 17.9 Å². The summed E-state index contributed by atoms with van der Waals surface area (Å²) in [6, 6.07) is 3.31. The Morgan fingerprint density at radius 1 is 1.55 bits per heavy atom. The third-order valence-corrected chi connectivity index (χ3v) is 4.12. The van der Waals surface area contributed by atoms with Gasteiger partial charge in [0.15, 0.2) is 0 Å². The minimum absolute atomic E-state index is 0.115. The highest BCUT2D eigenvalue weighted by atomic mass is 19.1. The van der Waals surface area contributed by atoms with E-state index in [2.05, 4.69) is 22.1 Å². The Morgan fingerprint density at radius 2 is 2.35 bits per heavy atom. The van der Waals surface area contributed by atoms with Crippen LogP contribution >= 0.6 is 0 Å². The fraction of sp³-hybridized carbons (Fsp3) is 0.667. The molecule has 20 heavy (non-hydrogen) atoms. The summed E-state index contributed by atoms with van der Waals surface area (Å²) in [5, 5.41) is 12.5. The Kier molecular flexibility index (Phi) is 5.46. The van der Waals surface area contributed by atoms with Crippen LogP contribution in [-0.4, -0.2) is 48.3 Å². The Hall–Kier alpha value is -1.04. The van der Waals surface area contributed by atoms with E-state index in [1.165, 1.54) is 12.3 Å². The van der Waals surface area contributed by atoms with Crippen molar-refractivity contribution in [2.24, 2.45) is 11.8 Å². The van der Waals surface area contributed by atoms with Gasteiger partial charge in [-0.2, -0.15) is 0 Å². The predicted molar refractivity (Wildman–Crippen MR) is 76.8 cm³/mol. The van der Waals surface area contributed by atoms with Crippen LogP contribution in [0.2, 0.25) is 0 Å². The Balaban J connectivity index is 1.95. The second kappa shape index (κ2) is 7.11. The highest BCUT2D eigenvalue weighted by Gasteiger charge is 2.26. The van der Waals surface area contributed by atoms with E-state index in [9.17, 15) is 9.50 Å². The monoisotopic (exact) mass is 281 g/mol. The van der Waals surface area contributed by atoms with E-state index >= 15 is 0 Å². The van der Waals surface area contributed by atoms with Gasteiger partial charge in [-0.1, -0.05) is 6.92 Å². The van der Waals surface area contributed by atoms with Crippen LogP contribution in [0.15, 0.2) is 18.3 Å². The number of likely N-dealkylation sites (tertiary alicyclic amines) is 1. The molecule has 3 unspecified atom stereocenters. The number of nitrogens with zero attached hydrogens (tertiary/aromatic N) is 2. The van der Waals surface area contributed by atoms with E-state index in [-0.39, 0.29) is 18.5 Å². The van der Waals surface area contributed by atoms with E-state index in [0.29, 0.717) is 11.8 Å². The molecule has 3 atom stereocenters. The summed E-state index contributed by atoms with van der Waals surface area (Å²) in [4.78, 5) is 6.57. The minimum atomic E-state index is -0.304. The van der Waals surface area contributed by atoms with Gasteiger partial charge in [0, 0.05) is 19.7 Å². The molecule has 1 aliphatic rings. The van der Waals surface area contributed by atoms with Gasteiger partial charge in [-0.05, 0) is 44.0 Å². The van der Waals surface area contributed by atoms with E-state index in [1.54, 1.807) is 6.07 Å². The van der Waals surface area contributed by atoms with Gasteiger partial charge in [-0.3, -0.25) is 4.98 Å². The van der Waals surface area contributed by atoms with Crippen LogP contribution in [0.4, 0.5) is 4.39 Å². The molecule has 1 fully saturated rings. The standard InChI is InChI=1S/C15H24FN3O/c1-11(8-19-6-5-12(9-19)10-20)15(17-2)14-4-3-13(16)7-18-14/h3-4,7,11-12,15,17,20H,5-6,8-10H2,1-2H3. The summed E-state index contributed by atoms with van der Waals surface area (Å²) in [5.41, 5.74) is 0.874. The number of aliphatic hydroxyl groups excluding tert-OH is 1. The molecule has 0 saturated carbocycles. The molecule has 5 heteroatoms. The molecule has 0 amide bonds. The van der Waals surface area contributed by atoms with Gasteiger partial charge in [-0.15, -0.1) is 0 Å². The van der Waals surface area contributed by atoms with Crippen LogP contribution in [0.25, 0.3) is 0 Å². The molecule has 4 nitrogen and oxygen atoms in total. The van der Waals surface area contributed by atoms with Crippen molar-refractivity contribution in [1.82, 2.24) is 15.2 Å². The van der Waals surface area contributed by atoms with E-state index in [0.717, 1.165) is 31.7 Å². The molecule has 0 aliphatic carbocycles. The highest BCUT2D eigenvalue weighted by Crippen LogP contribution is 2.24. The first kappa shape index (κ1) is 15.4. The van der Waals surface area contributed by atoms with Crippen molar-refractivity contribution >= 4 is 0 Å². The predicted octanol–water partition coefficient (Wildman–Crippen LogP) is 1.43. The van der Waals surface area contributed by atoms with Gasteiger partial charge < -0.3 is 15.3 Å². The van der Waals surface area contributed by atoms with Gasteiger partial charge in [0.2, 0.25) is 0 Å². The van der Waals surface area contributed by atoms with Crippen molar-refractivity contribution in [3.8, 4) is 0 Å². The number of aromatic nitrogens is 1. The summed E-state index contributed by atoms with van der Waals surface area (Å²) >= 11 is 0. The van der Waals surface area contributed by atoms with Gasteiger partial charge in [0.25, 0.3) is 0 Å².